The Labute approximate surface area is 184 Å². The minimum Gasteiger partial charge on any atom is -0.486 e. The van der Waals surface area contributed by atoms with Crippen molar-refractivity contribution in [3.05, 3.63) is 73.1 Å². The molecule has 2 amide bonds. The van der Waals surface area contributed by atoms with Gasteiger partial charge in [0.25, 0.3) is 0 Å². The van der Waals surface area contributed by atoms with Crippen molar-refractivity contribution in [3.8, 4) is 5.75 Å². The van der Waals surface area contributed by atoms with E-state index < -0.39 is 0 Å². The molecule has 0 fully saturated rings. The van der Waals surface area contributed by atoms with Gasteiger partial charge in [-0.15, -0.1) is 16.8 Å². The molecule has 0 unspecified atom stereocenters. The number of carbonyl (C=O) groups excluding carboxylic acids is 2. The smallest absolute Gasteiger partial charge is 0.234 e. The summed E-state index contributed by atoms with van der Waals surface area (Å²) in [6.07, 6.45) is 1.74. The molecule has 0 bridgehead atoms. The Morgan fingerprint density at radius 3 is 2.55 bits per heavy atom. The summed E-state index contributed by atoms with van der Waals surface area (Å²) < 4.78 is 7.63. The molecule has 0 saturated heterocycles. The SMILES string of the molecule is C=CCn1c(COc2ccccc2)nnc1SCC(=O)Nc1cccc(NC(C)=O)c1. The van der Waals surface area contributed by atoms with E-state index in [-0.39, 0.29) is 24.2 Å². The van der Waals surface area contributed by atoms with Gasteiger partial charge in [0.2, 0.25) is 11.8 Å². The standard InChI is InChI=1S/C22H23N5O3S/c1-3-12-27-20(14-30-19-10-5-4-6-11-19)25-26-22(27)31-15-21(29)24-18-9-7-8-17(13-18)23-16(2)28/h3-11,13H,1,12,14-15H2,2H3,(H,23,28)(H,24,29). The van der Waals surface area contributed by atoms with Gasteiger partial charge in [0.05, 0.1) is 5.75 Å². The maximum absolute atomic E-state index is 12.4. The number of allylic oxidation sites excluding steroid dienone is 1. The molecule has 0 aliphatic heterocycles. The Balaban J connectivity index is 1.59. The quantitative estimate of drug-likeness (QED) is 0.370. The van der Waals surface area contributed by atoms with Crippen molar-refractivity contribution in [1.29, 1.82) is 0 Å². The Morgan fingerprint density at radius 1 is 1.10 bits per heavy atom. The lowest BCUT2D eigenvalue weighted by molar-refractivity contribution is -0.114. The van der Waals surface area contributed by atoms with Crippen molar-refractivity contribution in [1.82, 2.24) is 14.8 Å². The van der Waals surface area contributed by atoms with Crippen LogP contribution in [0.25, 0.3) is 0 Å². The van der Waals surface area contributed by atoms with Gasteiger partial charge in [-0.25, -0.2) is 0 Å². The first-order chi connectivity index (χ1) is 15.0. The molecule has 0 aliphatic carbocycles. The van der Waals surface area contributed by atoms with Crippen molar-refractivity contribution in [2.75, 3.05) is 16.4 Å². The third-order valence-electron chi connectivity index (χ3n) is 4.02. The van der Waals surface area contributed by atoms with Crippen LogP contribution in [0.15, 0.2) is 72.4 Å². The van der Waals surface area contributed by atoms with Gasteiger partial charge in [0, 0.05) is 24.8 Å². The lowest BCUT2D eigenvalue weighted by Crippen LogP contribution is -2.15. The summed E-state index contributed by atoms with van der Waals surface area (Å²) in [7, 11) is 0. The third kappa shape index (κ3) is 6.71. The lowest BCUT2D eigenvalue weighted by atomic mass is 10.2. The molecule has 3 rings (SSSR count). The van der Waals surface area contributed by atoms with Crippen LogP contribution in [0.2, 0.25) is 0 Å². The van der Waals surface area contributed by atoms with Gasteiger partial charge in [0.15, 0.2) is 11.0 Å². The summed E-state index contributed by atoms with van der Waals surface area (Å²) >= 11 is 1.28. The fraction of sp³-hybridized carbons (Fsp3) is 0.182. The molecule has 0 spiro atoms. The average Bonchev–Trinajstić information content (AvgIpc) is 3.13. The van der Waals surface area contributed by atoms with Gasteiger partial charge >= 0.3 is 0 Å². The predicted octanol–water partition coefficient (Wildman–Crippen LogP) is 3.73. The average molecular weight is 438 g/mol. The molecular formula is C22H23N5O3S. The minimum atomic E-state index is -0.194. The summed E-state index contributed by atoms with van der Waals surface area (Å²) in [5.74, 6) is 1.17. The maximum Gasteiger partial charge on any atom is 0.234 e. The first-order valence-corrected chi connectivity index (χ1v) is 10.5. The molecule has 0 atom stereocenters. The van der Waals surface area contributed by atoms with E-state index in [2.05, 4.69) is 27.4 Å². The van der Waals surface area contributed by atoms with Gasteiger partial charge in [-0.1, -0.05) is 42.1 Å². The second-order valence-corrected chi connectivity index (χ2v) is 7.44. The Kier molecular flexibility index (Phi) is 7.83. The number of benzene rings is 2. The van der Waals surface area contributed by atoms with E-state index in [4.69, 9.17) is 4.74 Å². The summed E-state index contributed by atoms with van der Waals surface area (Å²) in [5.41, 5.74) is 1.22. The predicted molar refractivity (Wildman–Crippen MR) is 121 cm³/mol. The highest BCUT2D eigenvalue weighted by molar-refractivity contribution is 7.99. The molecule has 0 radical (unpaired) electrons. The van der Waals surface area contributed by atoms with Crippen LogP contribution < -0.4 is 15.4 Å². The number of hydrogen-bond donors (Lipinski definition) is 2. The monoisotopic (exact) mass is 437 g/mol. The molecule has 160 valence electrons. The molecule has 0 aliphatic rings. The van der Waals surface area contributed by atoms with Gasteiger partial charge in [0.1, 0.15) is 12.4 Å². The number of para-hydroxylation sites is 1. The number of aromatic nitrogens is 3. The molecule has 2 aromatic carbocycles. The molecule has 0 saturated carbocycles. The molecular weight excluding hydrogens is 414 g/mol. The van der Waals surface area contributed by atoms with E-state index in [1.807, 2.05) is 34.9 Å². The molecule has 31 heavy (non-hydrogen) atoms. The van der Waals surface area contributed by atoms with E-state index in [0.29, 0.717) is 28.9 Å². The zero-order valence-corrected chi connectivity index (χ0v) is 17.9. The fourth-order valence-electron chi connectivity index (χ4n) is 2.71. The van der Waals surface area contributed by atoms with Crippen LogP contribution in [0.1, 0.15) is 12.7 Å². The summed E-state index contributed by atoms with van der Waals surface area (Å²) in [4.78, 5) is 23.6. The first-order valence-electron chi connectivity index (χ1n) is 9.56. The number of carbonyl (C=O) groups is 2. The minimum absolute atomic E-state index is 0.152. The number of rotatable bonds is 10. The Bertz CT molecular complexity index is 1050. The lowest BCUT2D eigenvalue weighted by Gasteiger charge is -2.10. The Morgan fingerprint density at radius 2 is 1.84 bits per heavy atom. The van der Waals surface area contributed by atoms with Gasteiger partial charge in [-0.3, -0.25) is 14.2 Å². The summed E-state index contributed by atoms with van der Waals surface area (Å²) in [6, 6.07) is 16.4. The number of ether oxygens (including phenoxy) is 1. The highest BCUT2D eigenvalue weighted by atomic mass is 32.2. The van der Waals surface area contributed by atoms with Crippen molar-refractivity contribution in [2.45, 2.75) is 25.2 Å². The van der Waals surface area contributed by atoms with Crippen molar-refractivity contribution in [3.63, 3.8) is 0 Å². The highest BCUT2D eigenvalue weighted by Gasteiger charge is 2.14. The Hall–Kier alpha value is -3.59. The van der Waals surface area contributed by atoms with E-state index >= 15 is 0 Å². The van der Waals surface area contributed by atoms with E-state index in [9.17, 15) is 9.59 Å². The molecule has 1 heterocycles. The maximum atomic E-state index is 12.4. The largest absolute Gasteiger partial charge is 0.486 e. The van der Waals surface area contributed by atoms with Crippen LogP contribution in [-0.4, -0.2) is 32.3 Å². The van der Waals surface area contributed by atoms with E-state index in [0.717, 1.165) is 5.75 Å². The van der Waals surface area contributed by atoms with Crippen molar-refractivity contribution in [2.24, 2.45) is 0 Å². The van der Waals surface area contributed by atoms with Crippen LogP contribution in [0.4, 0.5) is 11.4 Å². The van der Waals surface area contributed by atoms with Crippen LogP contribution in [0.3, 0.4) is 0 Å². The second kappa shape index (κ2) is 11.0. The zero-order valence-electron chi connectivity index (χ0n) is 17.1. The number of nitrogens with one attached hydrogen (secondary N) is 2. The number of thioether (sulfide) groups is 1. The molecule has 2 N–H and O–H groups in total. The summed E-state index contributed by atoms with van der Waals surface area (Å²) in [6.45, 7) is 5.97. The number of hydrogen-bond acceptors (Lipinski definition) is 6. The molecule has 3 aromatic rings. The van der Waals surface area contributed by atoms with Crippen LogP contribution in [0, 0.1) is 0 Å². The van der Waals surface area contributed by atoms with Crippen molar-refractivity contribution < 1.29 is 14.3 Å². The second-order valence-electron chi connectivity index (χ2n) is 6.50. The van der Waals surface area contributed by atoms with E-state index in [1.54, 1.807) is 30.3 Å². The van der Waals surface area contributed by atoms with Gasteiger partial charge < -0.3 is 15.4 Å². The van der Waals surface area contributed by atoms with Crippen LogP contribution in [-0.2, 0) is 22.7 Å². The number of amides is 2. The fourth-order valence-corrected chi connectivity index (χ4v) is 3.48. The first kappa shape index (κ1) is 22.1. The van der Waals surface area contributed by atoms with E-state index in [1.165, 1.54) is 18.7 Å². The number of nitrogens with zero attached hydrogens (tertiary/aromatic N) is 3. The summed E-state index contributed by atoms with van der Waals surface area (Å²) in [5, 5.41) is 14.5. The molecule has 8 nitrogen and oxygen atoms in total. The van der Waals surface area contributed by atoms with Crippen molar-refractivity contribution >= 4 is 35.0 Å². The molecule has 1 aromatic heterocycles. The van der Waals surface area contributed by atoms with Crippen LogP contribution in [0.5, 0.6) is 5.75 Å². The number of anilines is 2. The highest BCUT2D eigenvalue weighted by Crippen LogP contribution is 2.20. The zero-order chi connectivity index (χ0) is 22.1. The molecule has 9 heteroatoms. The normalized spacial score (nSPS) is 10.4. The van der Waals surface area contributed by atoms with Gasteiger partial charge in [-0.05, 0) is 30.3 Å². The van der Waals surface area contributed by atoms with Crippen LogP contribution >= 0.6 is 11.8 Å². The third-order valence-corrected chi connectivity index (χ3v) is 4.98. The van der Waals surface area contributed by atoms with Gasteiger partial charge in [-0.2, -0.15) is 0 Å². The topological polar surface area (TPSA) is 98.1 Å².